The average Bonchev–Trinajstić information content (AvgIpc) is 3.09. The van der Waals surface area contributed by atoms with Crippen LogP contribution in [-0.4, -0.2) is 28.3 Å². The Hall–Kier alpha value is -3.00. The molecule has 0 aliphatic rings. The van der Waals surface area contributed by atoms with Gasteiger partial charge in [0.15, 0.2) is 0 Å². The molecule has 3 rings (SSSR count). The number of primary amides is 1. The molecule has 7 nitrogen and oxygen atoms in total. The van der Waals surface area contributed by atoms with Gasteiger partial charge in [-0.1, -0.05) is 6.92 Å². The molecule has 0 radical (unpaired) electrons. The third-order valence-corrected chi connectivity index (χ3v) is 4.42. The first kappa shape index (κ1) is 16.8. The SMILES string of the molecule is CCCNc1ccc(C(N)=O)cc1NC(=O)c1ncnc2sccc12. The summed E-state index contributed by atoms with van der Waals surface area (Å²) in [6.45, 7) is 2.78. The standard InChI is InChI=1S/C17H17N5O2S/c1-2-6-19-12-4-3-10(15(18)23)8-13(12)22-16(24)14-11-5-7-25-17(11)21-9-20-14/h3-5,7-9,19H,2,6H2,1H3,(H2,18,23)(H,22,24). The molecule has 3 aromatic rings. The van der Waals surface area contributed by atoms with E-state index in [1.807, 2.05) is 18.4 Å². The van der Waals surface area contributed by atoms with Crippen LogP contribution in [0.5, 0.6) is 0 Å². The molecule has 0 spiro atoms. The highest BCUT2D eigenvalue weighted by molar-refractivity contribution is 7.16. The number of nitrogens with zero attached hydrogens (tertiary/aromatic N) is 2. The van der Waals surface area contributed by atoms with E-state index in [4.69, 9.17) is 5.73 Å². The Morgan fingerprint density at radius 1 is 1.20 bits per heavy atom. The Kier molecular flexibility index (Phi) is 4.90. The third kappa shape index (κ3) is 3.58. The Labute approximate surface area is 148 Å². The van der Waals surface area contributed by atoms with Crippen molar-refractivity contribution >= 4 is 44.7 Å². The van der Waals surface area contributed by atoms with Crippen molar-refractivity contribution in [2.75, 3.05) is 17.2 Å². The number of fused-ring (bicyclic) bond motifs is 1. The summed E-state index contributed by atoms with van der Waals surface area (Å²) in [5, 5.41) is 8.59. The molecule has 0 saturated carbocycles. The summed E-state index contributed by atoms with van der Waals surface area (Å²) in [5.41, 5.74) is 7.15. The highest BCUT2D eigenvalue weighted by atomic mass is 32.1. The van der Waals surface area contributed by atoms with Crippen LogP contribution in [0.4, 0.5) is 11.4 Å². The van der Waals surface area contributed by atoms with Crippen molar-refractivity contribution in [2.45, 2.75) is 13.3 Å². The van der Waals surface area contributed by atoms with Crippen molar-refractivity contribution in [1.82, 2.24) is 9.97 Å². The lowest BCUT2D eigenvalue weighted by molar-refractivity contribution is 0.0996. The van der Waals surface area contributed by atoms with E-state index in [9.17, 15) is 9.59 Å². The molecular formula is C17H17N5O2S. The number of nitrogens with two attached hydrogens (primary N) is 1. The summed E-state index contributed by atoms with van der Waals surface area (Å²) >= 11 is 1.44. The number of amides is 2. The van der Waals surface area contributed by atoms with E-state index < -0.39 is 5.91 Å². The lowest BCUT2D eigenvalue weighted by Crippen LogP contribution is -2.17. The van der Waals surface area contributed by atoms with E-state index in [2.05, 4.69) is 20.6 Å². The van der Waals surface area contributed by atoms with Gasteiger partial charge in [-0.3, -0.25) is 9.59 Å². The number of carbonyl (C=O) groups excluding carboxylic acids is 2. The number of thiophene rings is 1. The molecule has 128 valence electrons. The summed E-state index contributed by atoms with van der Waals surface area (Å²) < 4.78 is 0. The van der Waals surface area contributed by atoms with Gasteiger partial charge >= 0.3 is 0 Å². The van der Waals surface area contributed by atoms with E-state index >= 15 is 0 Å². The van der Waals surface area contributed by atoms with E-state index in [0.29, 0.717) is 16.6 Å². The molecule has 0 saturated heterocycles. The van der Waals surface area contributed by atoms with Crippen LogP contribution >= 0.6 is 11.3 Å². The largest absolute Gasteiger partial charge is 0.383 e. The van der Waals surface area contributed by atoms with Gasteiger partial charge in [0, 0.05) is 17.5 Å². The van der Waals surface area contributed by atoms with E-state index in [1.54, 1.807) is 18.2 Å². The Balaban J connectivity index is 1.94. The molecule has 4 N–H and O–H groups in total. The maximum absolute atomic E-state index is 12.7. The number of nitrogens with one attached hydrogen (secondary N) is 2. The number of hydrogen-bond donors (Lipinski definition) is 3. The van der Waals surface area contributed by atoms with Gasteiger partial charge in [-0.05, 0) is 36.1 Å². The van der Waals surface area contributed by atoms with Crippen LogP contribution in [0.2, 0.25) is 0 Å². The predicted octanol–water partition coefficient (Wildman–Crippen LogP) is 2.86. The molecule has 1 aromatic carbocycles. The molecular weight excluding hydrogens is 338 g/mol. The maximum atomic E-state index is 12.7. The van der Waals surface area contributed by atoms with Crippen LogP contribution in [-0.2, 0) is 0 Å². The minimum atomic E-state index is -0.556. The van der Waals surface area contributed by atoms with Crippen LogP contribution in [0.25, 0.3) is 10.2 Å². The summed E-state index contributed by atoms with van der Waals surface area (Å²) in [6, 6.07) is 6.72. The van der Waals surface area contributed by atoms with E-state index in [1.165, 1.54) is 17.7 Å². The number of aromatic nitrogens is 2. The minimum absolute atomic E-state index is 0.289. The number of benzene rings is 1. The van der Waals surface area contributed by atoms with Gasteiger partial charge in [-0.25, -0.2) is 9.97 Å². The van der Waals surface area contributed by atoms with Crippen LogP contribution in [0, 0.1) is 0 Å². The molecule has 0 unspecified atom stereocenters. The Morgan fingerprint density at radius 2 is 2.04 bits per heavy atom. The van der Waals surface area contributed by atoms with Crippen LogP contribution < -0.4 is 16.4 Å². The lowest BCUT2D eigenvalue weighted by Gasteiger charge is -2.14. The highest BCUT2D eigenvalue weighted by Crippen LogP contribution is 2.26. The van der Waals surface area contributed by atoms with Gasteiger partial charge in [0.25, 0.3) is 5.91 Å². The topological polar surface area (TPSA) is 110 Å². The molecule has 2 heterocycles. The van der Waals surface area contributed by atoms with Crippen molar-refractivity contribution < 1.29 is 9.59 Å². The van der Waals surface area contributed by atoms with Gasteiger partial charge in [-0.15, -0.1) is 11.3 Å². The first-order valence-electron chi connectivity index (χ1n) is 7.77. The second kappa shape index (κ2) is 7.27. The summed E-state index contributed by atoms with van der Waals surface area (Å²) in [7, 11) is 0. The lowest BCUT2D eigenvalue weighted by atomic mass is 10.1. The molecule has 0 aliphatic carbocycles. The fourth-order valence-electron chi connectivity index (χ4n) is 2.37. The van der Waals surface area contributed by atoms with Crippen molar-refractivity contribution in [3.63, 3.8) is 0 Å². The quantitative estimate of drug-likeness (QED) is 0.630. The van der Waals surface area contributed by atoms with Crippen molar-refractivity contribution in [3.05, 3.63) is 47.2 Å². The summed E-state index contributed by atoms with van der Waals surface area (Å²) in [4.78, 5) is 33.1. The number of carbonyl (C=O) groups is 2. The normalized spacial score (nSPS) is 10.6. The third-order valence-electron chi connectivity index (χ3n) is 3.59. The summed E-state index contributed by atoms with van der Waals surface area (Å²) in [5.74, 6) is -0.924. The van der Waals surface area contributed by atoms with Crippen molar-refractivity contribution in [3.8, 4) is 0 Å². The first-order valence-corrected chi connectivity index (χ1v) is 8.65. The molecule has 2 amide bonds. The van der Waals surface area contributed by atoms with Gasteiger partial charge in [0.1, 0.15) is 16.9 Å². The van der Waals surface area contributed by atoms with Gasteiger partial charge < -0.3 is 16.4 Å². The van der Waals surface area contributed by atoms with Gasteiger partial charge in [0.05, 0.1) is 11.4 Å². The Bertz CT molecular complexity index is 938. The van der Waals surface area contributed by atoms with Gasteiger partial charge in [0.2, 0.25) is 5.91 Å². The monoisotopic (exact) mass is 355 g/mol. The molecule has 0 aliphatic heterocycles. The molecule has 2 aromatic heterocycles. The fourth-order valence-corrected chi connectivity index (χ4v) is 3.10. The van der Waals surface area contributed by atoms with E-state index in [-0.39, 0.29) is 11.6 Å². The maximum Gasteiger partial charge on any atom is 0.275 e. The van der Waals surface area contributed by atoms with Gasteiger partial charge in [-0.2, -0.15) is 0 Å². The minimum Gasteiger partial charge on any atom is -0.383 e. The zero-order chi connectivity index (χ0) is 17.8. The molecule has 25 heavy (non-hydrogen) atoms. The second-order valence-corrected chi connectivity index (χ2v) is 6.26. The molecule has 0 fully saturated rings. The predicted molar refractivity (Wildman–Crippen MR) is 99.1 cm³/mol. The smallest absolute Gasteiger partial charge is 0.275 e. The number of rotatable bonds is 6. The van der Waals surface area contributed by atoms with Crippen LogP contribution in [0.1, 0.15) is 34.2 Å². The molecule has 0 atom stereocenters. The summed E-state index contributed by atoms with van der Waals surface area (Å²) in [6.07, 6.45) is 2.29. The number of anilines is 2. The fraction of sp³-hybridized carbons (Fsp3) is 0.176. The molecule has 8 heteroatoms. The highest BCUT2D eigenvalue weighted by Gasteiger charge is 2.16. The zero-order valence-corrected chi connectivity index (χ0v) is 14.4. The van der Waals surface area contributed by atoms with Crippen LogP contribution in [0.15, 0.2) is 36.0 Å². The molecule has 0 bridgehead atoms. The number of hydrogen-bond acceptors (Lipinski definition) is 6. The Morgan fingerprint density at radius 3 is 2.80 bits per heavy atom. The zero-order valence-electron chi connectivity index (χ0n) is 13.6. The van der Waals surface area contributed by atoms with Crippen molar-refractivity contribution in [2.24, 2.45) is 5.73 Å². The first-order chi connectivity index (χ1) is 12.1. The second-order valence-electron chi connectivity index (χ2n) is 5.37. The average molecular weight is 355 g/mol. The van der Waals surface area contributed by atoms with Crippen LogP contribution in [0.3, 0.4) is 0 Å². The van der Waals surface area contributed by atoms with Crippen molar-refractivity contribution in [1.29, 1.82) is 0 Å². The van der Waals surface area contributed by atoms with E-state index in [0.717, 1.165) is 23.5 Å².